The topological polar surface area (TPSA) is 68.5 Å². The Morgan fingerprint density at radius 1 is 1.11 bits per heavy atom. The second-order valence-corrected chi connectivity index (χ2v) is 8.55. The van der Waals surface area contributed by atoms with E-state index < -0.39 is 0 Å². The van der Waals surface area contributed by atoms with E-state index in [0.717, 1.165) is 51.0 Å². The summed E-state index contributed by atoms with van der Waals surface area (Å²) >= 11 is 0. The first-order valence-corrected chi connectivity index (χ1v) is 10.5. The molecule has 1 aliphatic carbocycles. The minimum Gasteiger partial charge on any atom is -0.381 e. The fraction of sp³-hybridized carbons (Fsp3) is 0.591. The molecule has 0 N–H and O–H groups in total. The van der Waals surface area contributed by atoms with E-state index in [1.807, 2.05) is 30.3 Å². The smallest absolute Gasteiger partial charge is 0.232 e. The van der Waals surface area contributed by atoms with Crippen LogP contribution in [0.1, 0.15) is 50.3 Å². The summed E-state index contributed by atoms with van der Waals surface area (Å²) in [6, 6.07) is 9.91. The summed E-state index contributed by atoms with van der Waals surface area (Å²) in [6.07, 6.45) is 6.31. The Morgan fingerprint density at radius 3 is 2.61 bits per heavy atom. The van der Waals surface area contributed by atoms with Gasteiger partial charge in [0.1, 0.15) is 0 Å². The third-order valence-corrected chi connectivity index (χ3v) is 6.92. The van der Waals surface area contributed by atoms with Crippen molar-refractivity contribution in [2.24, 2.45) is 11.3 Å². The van der Waals surface area contributed by atoms with Crippen LogP contribution in [0.2, 0.25) is 0 Å². The molecule has 0 radical (unpaired) electrons. The molecule has 3 aliphatic rings. The zero-order chi connectivity index (χ0) is 19.0. The molecule has 28 heavy (non-hydrogen) atoms. The van der Waals surface area contributed by atoms with Gasteiger partial charge in [-0.25, -0.2) is 0 Å². The lowest BCUT2D eigenvalue weighted by atomic mass is 9.72. The number of benzene rings is 1. The molecule has 1 atom stereocenters. The predicted octanol–water partition coefficient (Wildman–Crippen LogP) is 3.65. The van der Waals surface area contributed by atoms with Crippen LogP contribution in [0.15, 0.2) is 34.9 Å². The third kappa shape index (κ3) is 3.13. The molecule has 1 aromatic heterocycles. The number of carbonyl (C=O) groups excluding carboxylic acids is 1. The molecule has 2 aliphatic heterocycles. The number of hydrogen-bond acceptors (Lipinski definition) is 5. The van der Waals surface area contributed by atoms with Crippen molar-refractivity contribution in [2.45, 2.75) is 44.4 Å². The van der Waals surface area contributed by atoms with Crippen LogP contribution in [-0.4, -0.2) is 47.3 Å². The molecular formula is C22H27N3O3. The number of ether oxygens (including phenoxy) is 1. The van der Waals surface area contributed by atoms with Crippen molar-refractivity contribution in [3.63, 3.8) is 0 Å². The number of likely N-dealkylation sites (tertiary alicyclic amines) is 1. The quantitative estimate of drug-likeness (QED) is 0.812. The SMILES string of the molecule is O=C(C1CCCC1)N1CC(c2nc(-c3ccccc3)no2)C2(CCOCC2)C1. The second kappa shape index (κ2) is 7.32. The Kier molecular flexibility index (Phi) is 4.67. The standard InChI is InChI=1S/C22H27N3O3/c26-21(17-8-4-5-9-17)25-14-18(22(15-25)10-12-27-13-11-22)20-23-19(24-28-20)16-6-2-1-3-7-16/h1-3,6-7,17-18H,4-5,8-15H2. The highest BCUT2D eigenvalue weighted by atomic mass is 16.5. The molecule has 2 aromatic rings. The van der Waals surface area contributed by atoms with E-state index in [-0.39, 0.29) is 17.3 Å². The number of hydrogen-bond donors (Lipinski definition) is 0. The molecule has 0 bridgehead atoms. The van der Waals surface area contributed by atoms with Gasteiger partial charge < -0.3 is 14.2 Å². The highest BCUT2D eigenvalue weighted by Gasteiger charge is 2.52. The molecule has 5 rings (SSSR count). The van der Waals surface area contributed by atoms with Gasteiger partial charge in [0.15, 0.2) is 0 Å². The van der Waals surface area contributed by atoms with E-state index in [9.17, 15) is 4.79 Å². The van der Waals surface area contributed by atoms with E-state index in [0.29, 0.717) is 24.2 Å². The first-order valence-electron chi connectivity index (χ1n) is 10.5. The van der Waals surface area contributed by atoms with E-state index in [4.69, 9.17) is 14.2 Å². The lowest BCUT2D eigenvalue weighted by Crippen LogP contribution is -2.38. The molecule has 148 valence electrons. The van der Waals surface area contributed by atoms with E-state index in [1.54, 1.807) is 0 Å². The van der Waals surface area contributed by atoms with Gasteiger partial charge in [0.2, 0.25) is 17.6 Å². The third-order valence-electron chi connectivity index (χ3n) is 6.92. The maximum atomic E-state index is 13.1. The summed E-state index contributed by atoms with van der Waals surface area (Å²) in [6.45, 7) is 2.95. The van der Waals surface area contributed by atoms with Crippen LogP contribution in [0.4, 0.5) is 0 Å². The first kappa shape index (κ1) is 17.9. The number of nitrogens with zero attached hydrogens (tertiary/aromatic N) is 3. The molecule has 3 fully saturated rings. The van der Waals surface area contributed by atoms with Gasteiger partial charge in [-0.15, -0.1) is 0 Å². The van der Waals surface area contributed by atoms with Crippen LogP contribution < -0.4 is 0 Å². The van der Waals surface area contributed by atoms with Gasteiger partial charge in [-0.3, -0.25) is 4.79 Å². The zero-order valence-corrected chi connectivity index (χ0v) is 16.2. The van der Waals surface area contributed by atoms with Crippen LogP contribution in [-0.2, 0) is 9.53 Å². The number of aromatic nitrogens is 2. The monoisotopic (exact) mass is 381 g/mol. The van der Waals surface area contributed by atoms with E-state index in [1.165, 1.54) is 12.8 Å². The summed E-state index contributed by atoms with van der Waals surface area (Å²) in [5, 5.41) is 4.24. The van der Waals surface area contributed by atoms with Crippen LogP contribution in [0.3, 0.4) is 0 Å². The van der Waals surface area contributed by atoms with Gasteiger partial charge >= 0.3 is 0 Å². The molecule has 1 amide bonds. The minimum atomic E-state index is -0.00694. The summed E-state index contributed by atoms with van der Waals surface area (Å²) in [5.74, 6) is 1.92. The van der Waals surface area contributed by atoms with E-state index >= 15 is 0 Å². The highest BCUT2D eigenvalue weighted by Crippen LogP contribution is 2.50. The van der Waals surface area contributed by atoms with Crippen molar-refractivity contribution >= 4 is 5.91 Å². The van der Waals surface area contributed by atoms with Gasteiger partial charge in [-0.1, -0.05) is 48.3 Å². The van der Waals surface area contributed by atoms with Crippen molar-refractivity contribution in [1.82, 2.24) is 15.0 Å². The van der Waals surface area contributed by atoms with Gasteiger partial charge in [0, 0.05) is 43.2 Å². The summed E-state index contributed by atoms with van der Waals surface area (Å²) in [4.78, 5) is 19.9. The molecule has 2 saturated heterocycles. The van der Waals surface area contributed by atoms with Crippen molar-refractivity contribution in [2.75, 3.05) is 26.3 Å². The minimum absolute atomic E-state index is 0.00694. The number of carbonyl (C=O) groups is 1. The maximum absolute atomic E-state index is 13.1. The fourth-order valence-electron chi connectivity index (χ4n) is 5.27. The summed E-state index contributed by atoms with van der Waals surface area (Å²) in [7, 11) is 0. The Bertz CT molecular complexity index is 823. The van der Waals surface area contributed by atoms with Gasteiger partial charge in [-0.05, 0) is 25.7 Å². The highest BCUT2D eigenvalue weighted by molar-refractivity contribution is 5.79. The Hall–Kier alpha value is -2.21. The van der Waals surface area contributed by atoms with Crippen LogP contribution in [0, 0.1) is 11.3 Å². The molecule has 1 unspecified atom stereocenters. The van der Waals surface area contributed by atoms with Crippen LogP contribution in [0.25, 0.3) is 11.4 Å². The maximum Gasteiger partial charge on any atom is 0.232 e. The average Bonchev–Trinajstić information content (AvgIpc) is 3.49. The van der Waals surface area contributed by atoms with Gasteiger partial charge in [-0.2, -0.15) is 4.98 Å². The summed E-state index contributed by atoms with van der Waals surface area (Å²) in [5.41, 5.74) is 0.947. The average molecular weight is 381 g/mol. The fourth-order valence-corrected chi connectivity index (χ4v) is 5.27. The summed E-state index contributed by atoms with van der Waals surface area (Å²) < 4.78 is 11.4. The van der Waals surface area contributed by atoms with Crippen molar-refractivity contribution in [3.8, 4) is 11.4 Å². The molecule has 6 heteroatoms. The Labute approximate surface area is 165 Å². The molecule has 6 nitrogen and oxygen atoms in total. The van der Waals surface area contributed by atoms with Gasteiger partial charge in [0.25, 0.3) is 0 Å². The van der Waals surface area contributed by atoms with E-state index in [2.05, 4.69) is 10.1 Å². The van der Waals surface area contributed by atoms with Crippen molar-refractivity contribution in [3.05, 3.63) is 36.2 Å². The molecular weight excluding hydrogens is 354 g/mol. The number of rotatable bonds is 3. The zero-order valence-electron chi connectivity index (χ0n) is 16.2. The molecule has 1 spiro atoms. The lowest BCUT2D eigenvalue weighted by Gasteiger charge is -2.36. The van der Waals surface area contributed by atoms with Crippen LogP contribution in [0.5, 0.6) is 0 Å². The Morgan fingerprint density at radius 2 is 1.86 bits per heavy atom. The first-order chi connectivity index (χ1) is 13.8. The normalized spacial score (nSPS) is 24.9. The second-order valence-electron chi connectivity index (χ2n) is 8.55. The molecule has 3 heterocycles. The van der Waals surface area contributed by atoms with Crippen LogP contribution >= 0.6 is 0 Å². The number of amides is 1. The lowest BCUT2D eigenvalue weighted by molar-refractivity contribution is -0.135. The van der Waals surface area contributed by atoms with Gasteiger partial charge in [0.05, 0.1) is 5.92 Å². The predicted molar refractivity (Wildman–Crippen MR) is 103 cm³/mol. The largest absolute Gasteiger partial charge is 0.381 e. The van der Waals surface area contributed by atoms with Crippen molar-refractivity contribution in [1.29, 1.82) is 0 Å². The van der Waals surface area contributed by atoms with Crippen molar-refractivity contribution < 1.29 is 14.1 Å². The molecule has 1 saturated carbocycles. The molecule has 1 aromatic carbocycles. The Balaban J connectivity index is 1.43.